The van der Waals surface area contributed by atoms with Crippen LogP contribution in [0, 0.1) is 0 Å². The van der Waals surface area contributed by atoms with E-state index < -0.39 is 0 Å². The summed E-state index contributed by atoms with van der Waals surface area (Å²) in [6, 6.07) is 6.53. The molecule has 1 fully saturated rings. The van der Waals surface area contributed by atoms with Crippen LogP contribution in [0.3, 0.4) is 0 Å². The van der Waals surface area contributed by atoms with Crippen LogP contribution < -0.4 is 15.5 Å². The molecule has 0 bridgehead atoms. The van der Waals surface area contributed by atoms with Crippen LogP contribution in [0.25, 0.3) is 0 Å². The van der Waals surface area contributed by atoms with Crippen LogP contribution in [0.15, 0.2) is 18.2 Å². The molecule has 1 aliphatic rings. The Morgan fingerprint density at radius 1 is 1.38 bits per heavy atom. The van der Waals surface area contributed by atoms with Crippen molar-refractivity contribution in [3.05, 3.63) is 28.8 Å². The maximum Gasteiger partial charge on any atom is 0.239 e. The van der Waals surface area contributed by atoms with Gasteiger partial charge < -0.3 is 15.5 Å². The summed E-state index contributed by atoms with van der Waals surface area (Å²) in [5.74, 6) is 0.0421. The minimum absolute atomic E-state index is 0.0421. The number of rotatable bonds is 8. The first-order valence-electron chi connectivity index (χ1n) is 7.68. The third-order valence-electron chi connectivity index (χ3n) is 3.67. The maximum atomic E-state index is 11.9. The van der Waals surface area contributed by atoms with E-state index in [1.54, 1.807) is 0 Å². The predicted molar refractivity (Wildman–Crippen MR) is 87.9 cm³/mol. The molecule has 1 aliphatic carbocycles. The van der Waals surface area contributed by atoms with Gasteiger partial charge >= 0.3 is 0 Å². The van der Waals surface area contributed by atoms with Gasteiger partial charge in [0, 0.05) is 41.9 Å². The molecule has 116 valence electrons. The van der Waals surface area contributed by atoms with Crippen LogP contribution in [-0.2, 0) is 11.3 Å². The quantitative estimate of drug-likeness (QED) is 0.775. The number of nitrogens with one attached hydrogen (secondary N) is 2. The van der Waals surface area contributed by atoms with E-state index in [1.165, 1.54) is 12.8 Å². The van der Waals surface area contributed by atoms with E-state index in [2.05, 4.69) is 22.5 Å². The molecule has 1 amide bonds. The van der Waals surface area contributed by atoms with E-state index in [1.807, 2.05) is 25.1 Å². The van der Waals surface area contributed by atoms with Crippen LogP contribution in [0.1, 0.15) is 32.3 Å². The normalized spacial score (nSPS) is 14.0. The van der Waals surface area contributed by atoms with E-state index in [0.29, 0.717) is 19.1 Å². The lowest BCUT2D eigenvalue weighted by Gasteiger charge is -2.26. The Bertz CT molecular complexity index is 488. The lowest BCUT2D eigenvalue weighted by molar-refractivity contribution is -0.119. The number of anilines is 1. The average molecular weight is 310 g/mol. The minimum Gasteiger partial charge on any atom is -0.362 e. The number of halogens is 1. The van der Waals surface area contributed by atoms with E-state index in [4.69, 9.17) is 11.6 Å². The molecular weight excluding hydrogens is 286 g/mol. The molecule has 0 aromatic heterocycles. The van der Waals surface area contributed by atoms with Crippen LogP contribution in [-0.4, -0.2) is 31.6 Å². The van der Waals surface area contributed by atoms with E-state index >= 15 is 0 Å². The fraction of sp³-hybridized carbons (Fsp3) is 0.562. The topological polar surface area (TPSA) is 44.4 Å². The molecule has 0 saturated heterocycles. The number of nitrogens with zero attached hydrogens (tertiary/aromatic N) is 1. The molecule has 0 unspecified atom stereocenters. The van der Waals surface area contributed by atoms with Gasteiger partial charge in [0.2, 0.25) is 5.91 Å². The SMILES string of the molecule is CCNC(=O)CN(CC)c1cccc(Cl)c1CNC1CC1. The average Bonchev–Trinajstić information content (AvgIpc) is 3.28. The number of likely N-dealkylation sites (N-methyl/N-ethyl adjacent to an activating group) is 2. The summed E-state index contributed by atoms with van der Waals surface area (Å²) in [6.45, 7) is 6.53. The second kappa shape index (κ2) is 7.66. The Hall–Kier alpha value is -1.26. The summed E-state index contributed by atoms with van der Waals surface area (Å²) >= 11 is 6.36. The fourth-order valence-corrected chi connectivity index (χ4v) is 2.58. The first-order chi connectivity index (χ1) is 10.2. The molecule has 4 nitrogen and oxygen atoms in total. The van der Waals surface area contributed by atoms with Crippen LogP contribution in [0.4, 0.5) is 5.69 Å². The van der Waals surface area contributed by atoms with Gasteiger partial charge in [0.05, 0.1) is 6.54 Å². The monoisotopic (exact) mass is 309 g/mol. The Labute approximate surface area is 131 Å². The number of carbonyl (C=O) groups is 1. The van der Waals surface area contributed by atoms with E-state index in [0.717, 1.165) is 29.4 Å². The molecule has 2 rings (SSSR count). The molecule has 21 heavy (non-hydrogen) atoms. The smallest absolute Gasteiger partial charge is 0.239 e. The number of amides is 1. The summed E-state index contributed by atoms with van der Waals surface area (Å²) < 4.78 is 0. The standard InChI is InChI=1S/C16H24ClN3O/c1-3-18-16(21)11-20(4-2)15-7-5-6-14(17)13(15)10-19-12-8-9-12/h5-7,12,19H,3-4,8-11H2,1-2H3,(H,18,21). The summed E-state index contributed by atoms with van der Waals surface area (Å²) in [4.78, 5) is 13.9. The Kier molecular flexibility index (Phi) is 5.88. The van der Waals surface area contributed by atoms with Crippen molar-refractivity contribution in [2.24, 2.45) is 0 Å². The first-order valence-corrected chi connectivity index (χ1v) is 8.05. The summed E-state index contributed by atoms with van der Waals surface area (Å²) in [5, 5.41) is 7.10. The first kappa shape index (κ1) is 16.1. The highest BCUT2D eigenvalue weighted by Gasteiger charge is 2.22. The van der Waals surface area contributed by atoms with Gasteiger partial charge in [0.25, 0.3) is 0 Å². The van der Waals surface area contributed by atoms with Crippen LogP contribution in [0.2, 0.25) is 5.02 Å². The molecule has 1 aromatic rings. The lowest BCUT2D eigenvalue weighted by atomic mass is 10.1. The highest BCUT2D eigenvalue weighted by molar-refractivity contribution is 6.31. The van der Waals surface area contributed by atoms with Gasteiger partial charge in [-0.3, -0.25) is 4.79 Å². The molecule has 0 aliphatic heterocycles. The lowest BCUT2D eigenvalue weighted by Crippen LogP contribution is -2.37. The summed E-state index contributed by atoms with van der Waals surface area (Å²) in [6.07, 6.45) is 2.49. The van der Waals surface area contributed by atoms with Gasteiger partial charge in [-0.05, 0) is 38.8 Å². The maximum absolute atomic E-state index is 11.9. The van der Waals surface area contributed by atoms with Gasteiger partial charge in [-0.1, -0.05) is 17.7 Å². The number of hydrogen-bond acceptors (Lipinski definition) is 3. The van der Waals surface area contributed by atoms with Crippen molar-refractivity contribution in [3.8, 4) is 0 Å². The second-order valence-corrected chi connectivity index (χ2v) is 5.77. The summed E-state index contributed by atoms with van der Waals surface area (Å²) in [5.41, 5.74) is 2.13. The highest BCUT2D eigenvalue weighted by atomic mass is 35.5. The van der Waals surface area contributed by atoms with Crippen molar-refractivity contribution in [2.45, 2.75) is 39.3 Å². The van der Waals surface area contributed by atoms with E-state index in [9.17, 15) is 4.79 Å². The molecule has 1 aromatic carbocycles. The predicted octanol–water partition coefficient (Wildman–Crippen LogP) is 2.55. The van der Waals surface area contributed by atoms with Crippen molar-refractivity contribution < 1.29 is 4.79 Å². The van der Waals surface area contributed by atoms with Crippen molar-refractivity contribution in [1.29, 1.82) is 0 Å². The molecule has 0 atom stereocenters. The third-order valence-corrected chi connectivity index (χ3v) is 4.02. The Morgan fingerprint density at radius 3 is 2.76 bits per heavy atom. The van der Waals surface area contributed by atoms with Crippen molar-refractivity contribution in [3.63, 3.8) is 0 Å². The fourth-order valence-electron chi connectivity index (χ4n) is 2.35. The summed E-state index contributed by atoms with van der Waals surface area (Å²) in [7, 11) is 0. The minimum atomic E-state index is 0.0421. The molecule has 0 heterocycles. The molecule has 5 heteroatoms. The largest absolute Gasteiger partial charge is 0.362 e. The molecule has 2 N–H and O–H groups in total. The van der Waals surface area contributed by atoms with Crippen molar-refractivity contribution >= 4 is 23.2 Å². The van der Waals surface area contributed by atoms with E-state index in [-0.39, 0.29) is 5.91 Å². The number of carbonyl (C=O) groups excluding carboxylic acids is 1. The third kappa shape index (κ3) is 4.61. The van der Waals surface area contributed by atoms with Crippen LogP contribution in [0.5, 0.6) is 0 Å². The number of hydrogen-bond donors (Lipinski definition) is 2. The van der Waals surface area contributed by atoms with Crippen LogP contribution >= 0.6 is 11.6 Å². The van der Waals surface area contributed by atoms with Gasteiger partial charge in [-0.15, -0.1) is 0 Å². The Balaban J connectivity index is 2.14. The van der Waals surface area contributed by atoms with Gasteiger partial charge in [0.15, 0.2) is 0 Å². The number of benzene rings is 1. The van der Waals surface area contributed by atoms with Crippen molar-refractivity contribution in [1.82, 2.24) is 10.6 Å². The van der Waals surface area contributed by atoms with Crippen molar-refractivity contribution in [2.75, 3.05) is 24.5 Å². The molecule has 0 spiro atoms. The zero-order valence-electron chi connectivity index (χ0n) is 12.8. The molecular formula is C16H24ClN3O. The Morgan fingerprint density at radius 2 is 2.14 bits per heavy atom. The second-order valence-electron chi connectivity index (χ2n) is 5.36. The van der Waals surface area contributed by atoms with Gasteiger partial charge in [-0.2, -0.15) is 0 Å². The van der Waals surface area contributed by atoms with Gasteiger partial charge in [0.1, 0.15) is 0 Å². The zero-order chi connectivity index (χ0) is 15.2. The zero-order valence-corrected chi connectivity index (χ0v) is 13.5. The molecule has 1 saturated carbocycles. The van der Waals surface area contributed by atoms with Gasteiger partial charge in [-0.25, -0.2) is 0 Å². The highest BCUT2D eigenvalue weighted by Crippen LogP contribution is 2.29. The molecule has 0 radical (unpaired) electrons.